The van der Waals surface area contributed by atoms with Crippen molar-refractivity contribution in [3.63, 3.8) is 0 Å². The zero-order valence-corrected chi connectivity index (χ0v) is 14.1. The molecule has 0 aromatic heterocycles. The van der Waals surface area contributed by atoms with Gasteiger partial charge in [-0.2, -0.15) is 0 Å². The van der Waals surface area contributed by atoms with Crippen LogP contribution in [0.2, 0.25) is 0 Å². The van der Waals surface area contributed by atoms with E-state index < -0.39 is 10.0 Å². The number of benzene rings is 1. The van der Waals surface area contributed by atoms with E-state index in [0.717, 1.165) is 6.42 Å². The molecule has 1 aromatic carbocycles. The predicted octanol–water partition coefficient (Wildman–Crippen LogP) is 2.10. The monoisotopic (exact) mass is 312 g/mol. The number of rotatable bonds is 6. The number of nitrogens with zero attached hydrogens (tertiary/aromatic N) is 1. The fourth-order valence-electron chi connectivity index (χ4n) is 2.16. The van der Waals surface area contributed by atoms with E-state index >= 15 is 0 Å². The Balaban J connectivity index is 3.01. The van der Waals surface area contributed by atoms with E-state index in [-0.39, 0.29) is 16.8 Å². The lowest BCUT2D eigenvalue weighted by Crippen LogP contribution is -2.36. The smallest absolute Gasteiger partial charge is 0.253 e. The Hall–Kier alpha value is -1.40. The zero-order chi connectivity index (χ0) is 16.2. The predicted molar refractivity (Wildman–Crippen MR) is 83.7 cm³/mol. The molecule has 0 spiro atoms. The molecule has 0 fully saturated rings. The molecule has 0 radical (unpaired) electrons. The molecular formula is C15H24N2O3S. The van der Waals surface area contributed by atoms with Gasteiger partial charge < -0.3 is 4.90 Å². The Morgan fingerprint density at radius 2 is 1.90 bits per heavy atom. The van der Waals surface area contributed by atoms with E-state index in [1.807, 2.05) is 6.92 Å². The SMILES string of the molecule is CNS(=O)(=O)c1cccc(C(=O)N(C)[C@@H](C)CC(C)C)c1. The van der Waals surface area contributed by atoms with Gasteiger partial charge in [0.15, 0.2) is 0 Å². The number of carbonyl (C=O) groups is 1. The van der Waals surface area contributed by atoms with Crippen LogP contribution in [0, 0.1) is 5.92 Å². The molecule has 1 N–H and O–H groups in total. The summed E-state index contributed by atoms with van der Waals surface area (Å²) in [6, 6.07) is 6.20. The van der Waals surface area contributed by atoms with Crippen molar-refractivity contribution in [2.24, 2.45) is 5.92 Å². The van der Waals surface area contributed by atoms with Gasteiger partial charge >= 0.3 is 0 Å². The number of hydrogen-bond donors (Lipinski definition) is 1. The van der Waals surface area contributed by atoms with Gasteiger partial charge in [-0.3, -0.25) is 4.79 Å². The molecule has 21 heavy (non-hydrogen) atoms. The molecule has 1 aromatic rings. The molecule has 0 saturated heterocycles. The van der Waals surface area contributed by atoms with Gasteiger partial charge in [0, 0.05) is 18.7 Å². The van der Waals surface area contributed by atoms with Crippen LogP contribution in [0.4, 0.5) is 0 Å². The molecular weight excluding hydrogens is 288 g/mol. The molecule has 0 heterocycles. The van der Waals surface area contributed by atoms with Crippen molar-refractivity contribution >= 4 is 15.9 Å². The molecule has 6 heteroatoms. The molecule has 5 nitrogen and oxygen atoms in total. The lowest BCUT2D eigenvalue weighted by molar-refractivity contribution is 0.0728. The number of carbonyl (C=O) groups excluding carboxylic acids is 1. The quantitative estimate of drug-likeness (QED) is 0.875. The first-order valence-electron chi connectivity index (χ1n) is 6.99. The van der Waals surface area contributed by atoms with Gasteiger partial charge in [-0.15, -0.1) is 0 Å². The van der Waals surface area contributed by atoms with Crippen LogP contribution in [0.15, 0.2) is 29.2 Å². The molecule has 0 unspecified atom stereocenters. The largest absolute Gasteiger partial charge is 0.339 e. The Bertz CT molecular complexity index is 597. The van der Waals surface area contributed by atoms with Crippen LogP contribution in [-0.2, 0) is 10.0 Å². The fraction of sp³-hybridized carbons (Fsp3) is 0.533. The zero-order valence-electron chi connectivity index (χ0n) is 13.3. The Morgan fingerprint density at radius 1 is 1.29 bits per heavy atom. The second-order valence-corrected chi connectivity index (χ2v) is 7.52. The van der Waals surface area contributed by atoms with E-state index in [1.165, 1.54) is 19.2 Å². The standard InChI is InChI=1S/C15H24N2O3S/c1-11(2)9-12(3)17(5)15(18)13-7-6-8-14(10-13)21(19,20)16-4/h6-8,10-12,16H,9H2,1-5H3/t12-/m0/s1. The lowest BCUT2D eigenvalue weighted by Gasteiger charge is -2.26. The summed E-state index contributed by atoms with van der Waals surface area (Å²) in [5.74, 6) is 0.322. The third-order valence-electron chi connectivity index (χ3n) is 3.45. The van der Waals surface area contributed by atoms with Crippen molar-refractivity contribution in [2.75, 3.05) is 14.1 Å². The summed E-state index contributed by atoms with van der Waals surface area (Å²) in [7, 11) is -0.447. The van der Waals surface area contributed by atoms with Gasteiger partial charge in [0.25, 0.3) is 5.91 Å². The summed E-state index contributed by atoms with van der Waals surface area (Å²) in [5.41, 5.74) is 0.379. The maximum atomic E-state index is 12.4. The summed E-state index contributed by atoms with van der Waals surface area (Å²) in [6.07, 6.45) is 0.900. The summed E-state index contributed by atoms with van der Waals surface area (Å²) in [4.78, 5) is 14.2. The number of sulfonamides is 1. The highest BCUT2D eigenvalue weighted by atomic mass is 32.2. The first-order chi connectivity index (χ1) is 9.69. The third-order valence-corrected chi connectivity index (χ3v) is 4.87. The van der Waals surface area contributed by atoms with Crippen LogP contribution in [0.3, 0.4) is 0 Å². The topological polar surface area (TPSA) is 66.5 Å². The maximum absolute atomic E-state index is 12.4. The molecule has 0 saturated carbocycles. The molecule has 0 aliphatic carbocycles. The average molecular weight is 312 g/mol. The van der Waals surface area contributed by atoms with Crippen LogP contribution >= 0.6 is 0 Å². The molecule has 118 valence electrons. The number of hydrogen-bond acceptors (Lipinski definition) is 3. The molecule has 1 amide bonds. The van der Waals surface area contributed by atoms with Gasteiger partial charge in [0.2, 0.25) is 10.0 Å². The van der Waals surface area contributed by atoms with Crippen molar-refractivity contribution in [1.29, 1.82) is 0 Å². The highest BCUT2D eigenvalue weighted by molar-refractivity contribution is 7.89. The first-order valence-corrected chi connectivity index (χ1v) is 8.48. The molecule has 0 bridgehead atoms. The highest BCUT2D eigenvalue weighted by Gasteiger charge is 2.20. The van der Waals surface area contributed by atoms with E-state index in [1.54, 1.807) is 24.1 Å². The minimum absolute atomic E-state index is 0.0979. The first kappa shape index (κ1) is 17.7. The van der Waals surface area contributed by atoms with E-state index in [9.17, 15) is 13.2 Å². The van der Waals surface area contributed by atoms with Crippen molar-refractivity contribution in [1.82, 2.24) is 9.62 Å². The van der Waals surface area contributed by atoms with Crippen molar-refractivity contribution < 1.29 is 13.2 Å². The van der Waals surface area contributed by atoms with E-state index in [4.69, 9.17) is 0 Å². The lowest BCUT2D eigenvalue weighted by atomic mass is 10.0. The summed E-state index contributed by atoms with van der Waals surface area (Å²) >= 11 is 0. The van der Waals surface area contributed by atoms with Crippen molar-refractivity contribution in [3.05, 3.63) is 29.8 Å². The third kappa shape index (κ3) is 4.54. The van der Waals surface area contributed by atoms with Crippen LogP contribution in [0.5, 0.6) is 0 Å². The highest BCUT2D eigenvalue weighted by Crippen LogP contribution is 2.16. The minimum atomic E-state index is -3.54. The number of nitrogens with one attached hydrogen (secondary N) is 1. The molecule has 1 atom stereocenters. The van der Waals surface area contributed by atoms with Gasteiger partial charge in [-0.1, -0.05) is 19.9 Å². The maximum Gasteiger partial charge on any atom is 0.253 e. The normalized spacial score (nSPS) is 13.2. The summed E-state index contributed by atoms with van der Waals surface area (Å²) < 4.78 is 25.8. The van der Waals surface area contributed by atoms with Gasteiger partial charge in [-0.25, -0.2) is 13.1 Å². The van der Waals surface area contributed by atoms with Gasteiger partial charge in [0.05, 0.1) is 4.90 Å². The second kappa shape index (κ2) is 7.04. The Kier molecular flexibility index (Phi) is 5.92. The fourth-order valence-corrected chi connectivity index (χ4v) is 2.93. The second-order valence-electron chi connectivity index (χ2n) is 5.63. The van der Waals surface area contributed by atoms with E-state index in [0.29, 0.717) is 11.5 Å². The summed E-state index contributed by atoms with van der Waals surface area (Å²) in [5, 5.41) is 0. The number of amides is 1. The Morgan fingerprint density at radius 3 is 2.43 bits per heavy atom. The van der Waals surface area contributed by atoms with Crippen LogP contribution in [0.1, 0.15) is 37.6 Å². The molecule has 0 aliphatic heterocycles. The Labute approximate surface area is 127 Å². The minimum Gasteiger partial charge on any atom is -0.339 e. The van der Waals surface area contributed by atoms with Crippen LogP contribution in [0.25, 0.3) is 0 Å². The summed E-state index contributed by atoms with van der Waals surface area (Å²) in [6.45, 7) is 6.20. The molecule has 1 rings (SSSR count). The van der Waals surface area contributed by atoms with Crippen molar-refractivity contribution in [2.45, 2.75) is 38.1 Å². The van der Waals surface area contributed by atoms with Gasteiger partial charge in [-0.05, 0) is 44.5 Å². The van der Waals surface area contributed by atoms with E-state index in [2.05, 4.69) is 18.6 Å². The van der Waals surface area contributed by atoms with Crippen LogP contribution < -0.4 is 4.72 Å². The van der Waals surface area contributed by atoms with Crippen molar-refractivity contribution in [3.8, 4) is 0 Å². The molecule has 0 aliphatic rings. The van der Waals surface area contributed by atoms with Gasteiger partial charge in [0.1, 0.15) is 0 Å². The van der Waals surface area contributed by atoms with Crippen LogP contribution in [-0.4, -0.2) is 39.4 Å². The average Bonchev–Trinajstić information content (AvgIpc) is 2.45.